The summed E-state index contributed by atoms with van der Waals surface area (Å²) in [6.07, 6.45) is 3.49. The van der Waals surface area contributed by atoms with Crippen molar-refractivity contribution < 1.29 is 4.74 Å². The zero-order valence-electron chi connectivity index (χ0n) is 12.5. The van der Waals surface area contributed by atoms with Gasteiger partial charge in [-0.1, -0.05) is 12.1 Å². The largest absolute Gasteiger partial charge is 0.496 e. The highest BCUT2D eigenvalue weighted by molar-refractivity contribution is 7.10. The van der Waals surface area contributed by atoms with Gasteiger partial charge < -0.3 is 4.74 Å². The number of thiophene rings is 1. The molecule has 108 valence electrons. The predicted octanol–water partition coefficient (Wildman–Crippen LogP) is 4.14. The SMILES string of the molecule is COc1cc2c(cc1C)CCN=C2C1(c2cccs2)CC1. The van der Waals surface area contributed by atoms with Gasteiger partial charge in [0.2, 0.25) is 0 Å². The van der Waals surface area contributed by atoms with Crippen molar-refractivity contribution in [2.24, 2.45) is 4.99 Å². The van der Waals surface area contributed by atoms with Crippen LogP contribution in [0, 0.1) is 6.92 Å². The van der Waals surface area contributed by atoms with E-state index in [1.54, 1.807) is 7.11 Å². The average molecular weight is 297 g/mol. The Labute approximate surface area is 129 Å². The van der Waals surface area contributed by atoms with Gasteiger partial charge in [-0.3, -0.25) is 4.99 Å². The van der Waals surface area contributed by atoms with Gasteiger partial charge in [0.05, 0.1) is 12.8 Å². The van der Waals surface area contributed by atoms with Crippen LogP contribution in [0.5, 0.6) is 5.75 Å². The van der Waals surface area contributed by atoms with Gasteiger partial charge >= 0.3 is 0 Å². The highest BCUT2D eigenvalue weighted by Crippen LogP contribution is 2.53. The topological polar surface area (TPSA) is 21.6 Å². The molecular formula is C18H19NOS. The Bertz CT molecular complexity index is 711. The third kappa shape index (κ3) is 1.95. The first-order chi connectivity index (χ1) is 10.2. The molecular weight excluding hydrogens is 278 g/mol. The van der Waals surface area contributed by atoms with Crippen LogP contribution in [0.4, 0.5) is 0 Å². The molecule has 4 rings (SSSR count). The first kappa shape index (κ1) is 13.1. The summed E-state index contributed by atoms with van der Waals surface area (Å²) in [5.41, 5.74) is 5.45. The van der Waals surface area contributed by atoms with Crippen LogP contribution >= 0.6 is 11.3 Å². The molecule has 2 nitrogen and oxygen atoms in total. The standard InChI is InChI=1S/C18H19NOS/c1-12-10-13-5-8-19-17(14(13)11-15(12)20-2)18(6-7-18)16-4-3-9-21-16/h3-4,9-11H,5-8H2,1-2H3. The molecule has 0 atom stereocenters. The number of benzene rings is 1. The first-order valence-corrected chi connectivity index (χ1v) is 8.39. The maximum Gasteiger partial charge on any atom is 0.122 e. The van der Waals surface area contributed by atoms with Crippen molar-refractivity contribution in [3.63, 3.8) is 0 Å². The van der Waals surface area contributed by atoms with Gasteiger partial charge in [-0.2, -0.15) is 0 Å². The molecule has 0 spiro atoms. The molecule has 0 N–H and O–H groups in total. The normalized spacial score (nSPS) is 18.9. The molecule has 1 aliphatic heterocycles. The van der Waals surface area contributed by atoms with E-state index in [0.717, 1.165) is 18.7 Å². The molecule has 0 bridgehead atoms. The highest BCUT2D eigenvalue weighted by atomic mass is 32.1. The summed E-state index contributed by atoms with van der Waals surface area (Å²) in [4.78, 5) is 6.40. The van der Waals surface area contributed by atoms with Crippen LogP contribution in [0.1, 0.15) is 34.4 Å². The number of rotatable bonds is 3. The van der Waals surface area contributed by atoms with Crippen molar-refractivity contribution in [3.05, 3.63) is 51.2 Å². The van der Waals surface area contributed by atoms with E-state index >= 15 is 0 Å². The molecule has 1 saturated carbocycles. The molecule has 1 aliphatic carbocycles. The summed E-state index contributed by atoms with van der Waals surface area (Å²) in [5.74, 6) is 0.977. The second kappa shape index (κ2) is 4.70. The number of fused-ring (bicyclic) bond motifs is 1. The quantitative estimate of drug-likeness (QED) is 0.834. The number of nitrogens with zero attached hydrogens (tertiary/aromatic N) is 1. The Morgan fingerprint density at radius 1 is 1.29 bits per heavy atom. The Kier molecular flexibility index (Phi) is 2.93. The van der Waals surface area contributed by atoms with E-state index in [-0.39, 0.29) is 5.41 Å². The molecule has 3 heteroatoms. The Morgan fingerprint density at radius 2 is 2.14 bits per heavy atom. The van der Waals surface area contributed by atoms with Crippen LogP contribution in [0.25, 0.3) is 0 Å². The average Bonchev–Trinajstić information content (AvgIpc) is 3.11. The Hall–Kier alpha value is -1.61. The number of aliphatic imine (C=N–C) groups is 1. The van der Waals surface area contributed by atoms with Crippen molar-refractivity contribution in [1.29, 1.82) is 0 Å². The number of ether oxygens (including phenoxy) is 1. The monoisotopic (exact) mass is 297 g/mol. The minimum absolute atomic E-state index is 0.184. The summed E-state index contributed by atoms with van der Waals surface area (Å²) < 4.78 is 5.53. The fourth-order valence-corrected chi connectivity index (χ4v) is 4.44. The number of methoxy groups -OCH3 is 1. The zero-order chi connectivity index (χ0) is 14.4. The summed E-state index contributed by atoms with van der Waals surface area (Å²) in [6.45, 7) is 3.04. The zero-order valence-corrected chi connectivity index (χ0v) is 13.3. The number of aryl methyl sites for hydroxylation is 1. The van der Waals surface area contributed by atoms with Crippen molar-refractivity contribution in [3.8, 4) is 5.75 Å². The molecule has 2 aromatic rings. The molecule has 0 unspecified atom stereocenters. The van der Waals surface area contributed by atoms with Crippen molar-refractivity contribution in [1.82, 2.24) is 0 Å². The molecule has 21 heavy (non-hydrogen) atoms. The third-order valence-electron chi connectivity index (χ3n) is 4.72. The summed E-state index contributed by atoms with van der Waals surface area (Å²) in [5, 5.41) is 2.18. The molecule has 1 aromatic carbocycles. The van der Waals surface area contributed by atoms with Crippen LogP contribution in [0.2, 0.25) is 0 Å². The van der Waals surface area contributed by atoms with Gasteiger partial charge in [-0.05, 0) is 54.8 Å². The second-order valence-corrected chi connectivity index (χ2v) is 6.97. The van der Waals surface area contributed by atoms with Crippen LogP contribution in [-0.4, -0.2) is 19.4 Å². The van der Waals surface area contributed by atoms with Gasteiger partial charge in [0.15, 0.2) is 0 Å². The minimum Gasteiger partial charge on any atom is -0.496 e. The molecule has 0 radical (unpaired) electrons. The van der Waals surface area contributed by atoms with E-state index in [0.29, 0.717) is 0 Å². The second-order valence-electron chi connectivity index (χ2n) is 6.02. The van der Waals surface area contributed by atoms with E-state index in [9.17, 15) is 0 Å². The molecule has 1 fully saturated rings. The minimum atomic E-state index is 0.184. The van der Waals surface area contributed by atoms with Crippen LogP contribution in [0.3, 0.4) is 0 Å². The Morgan fingerprint density at radius 3 is 2.81 bits per heavy atom. The molecule has 1 aromatic heterocycles. The lowest BCUT2D eigenvalue weighted by atomic mass is 9.85. The maximum absolute atomic E-state index is 5.53. The van der Waals surface area contributed by atoms with Gasteiger partial charge in [-0.25, -0.2) is 0 Å². The smallest absolute Gasteiger partial charge is 0.122 e. The fraction of sp³-hybridized carbons (Fsp3) is 0.389. The summed E-state index contributed by atoms with van der Waals surface area (Å²) in [6, 6.07) is 8.91. The Balaban J connectivity index is 1.85. The third-order valence-corrected chi connectivity index (χ3v) is 5.80. The molecule has 0 saturated heterocycles. The number of hydrogen-bond donors (Lipinski definition) is 0. The van der Waals surface area contributed by atoms with E-state index in [4.69, 9.17) is 9.73 Å². The lowest BCUT2D eigenvalue weighted by Gasteiger charge is -2.25. The number of hydrogen-bond acceptors (Lipinski definition) is 3. The molecule has 2 heterocycles. The van der Waals surface area contributed by atoms with Crippen LogP contribution in [0.15, 0.2) is 34.6 Å². The molecule has 0 amide bonds. The van der Waals surface area contributed by atoms with E-state index in [1.165, 1.54) is 40.1 Å². The maximum atomic E-state index is 5.53. The van der Waals surface area contributed by atoms with E-state index in [2.05, 4.69) is 36.6 Å². The van der Waals surface area contributed by atoms with Gasteiger partial charge in [-0.15, -0.1) is 11.3 Å². The van der Waals surface area contributed by atoms with E-state index < -0.39 is 0 Å². The fourth-order valence-electron chi connectivity index (χ4n) is 3.45. The van der Waals surface area contributed by atoms with Crippen molar-refractivity contribution in [2.75, 3.05) is 13.7 Å². The summed E-state index contributed by atoms with van der Waals surface area (Å²) >= 11 is 1.86. The van der Waals surface area contributed by atoms with Gasteiger partial charge in [0, 0.05) is 22.4 Å². The predicted molar refractivity (Wildman–Crippen MR) is 88.1 cm³/mol. The van der Waals surface area contributed by atoms with Crippen LogP contribution in [-0.2, 0) is 11.8 Å². The van der Waals surface area contributed by atoms with Crippen LogP contribution < -0.4 is 4.74 Å². The first-order valence-electron chi connectivity index (χ1n) is 7.51. The van der Waals surface area contributed by atoms with Crippen molar-refractivity contribution in [2.45, 2.75) is 31.6 Å². The summed E-state index contributed by atoms with van der Waals surface area (Å²) in [7, 11) is 1.75. The van der Waals surface area contributed by atoms with Crippen molar-refractivity contribution >= 4 is 17.0 Å². The van der Waals surface area contributed by atoms with Gasteiger partial charge in [0.1, 0.15) is 5.75 Å². The van der Waals surface area contributed by atoms with Gasteiger partial charge in [0.25, 0.3) is 0 Å². The highest BCUT2D eigenvalue weighted by Gasteiger charge is 2.51. The lowest BCUT2D eigenvalue weighted by molar-refractivity contribution is 0.411. The molecule has 2 aliphatic rings. The van der Waals surface area contributed by atoms with E-state index in [1.807, 2.05) is 11.3 Å². The lowest BCUT2D eigenvalue weighted by Crippen LogP contribution is -2.26.